The molecule has 3 aromatic rings. The molecule has 0 saturated carbocycles. The van der Waals surface area contributed by atoms with E-state index >= 15 is 0 Å². The van der Waals surface area contributed by atoms with E-state index in [1.807, 2.05) is 0 Å². The fourth-order valence-electron chi connectivity index (χ4n) is 3.93. The van der Waals surface area contributed by atoms with Gasteiger partial charge in [-0.1, -0.05) is 24.6 Å². The highest BCUT2D eigenvalue weighted by molar-refractivity contribution is 6.31. The predicted molar refractivity (Wildman–Crippen MR) is 120 cm³/mol. The van der Waals surface area contributed by atoms with Gasteiger partial charge < -0.3 is 19.6 Å². The Hall–Kier alpha value is -2.77. The number of hydrogen-bond acceptors (Lipinski definition) is 6. The number of likely N-dealkylation sites (N-methyl/N-ethyl adjacent to an activating group) is 1. The summed E-state index contributed by atoms with van der Waals surface area (Å²) in [5.41, 5.74) is 9.21. The molecule has 0 unspecified atom stereocenters. The molecule has 0 amide bonds. The quantitative estimate of drug-likeness (QED) is 0.543. The predicted octanol–water partition coefficient (Wildman–Crippen LogP) is 5.46. The van der Waals surface area contributed by atoms with Crippen molar-refractivity contribution < 1.29 is 18.3 Å². The number of furan rings is 1. The van der Waals surface area contributed by atoms with Crippen LogP contribution in [0.2, 0.25) is 5.02 Å². The fraction of sp³-hybridized carbons (Fsp3) is 0.348. The molecule has 31 heavy (non-hydrogen) atoms. The lowest BCUT2D eigenvalue weighted by Crippen LogP contribution is -2.27. The minimum Gasteiger partial charge on any atom is -0.496 e. The monoisotopic (exact) mass is 445 g/mol. The summed E-state index contributed by atoms with van der Waals surface area (Å²) in [6.45, 7) is 6.82. The van der Waals surface area contributed by atoms with Crippen LogP contribution in [0.1, 0.15) is 37.5 Å². The van der Waals surface area contributed by atoms with Crippen molar-refractivity contribution in [3.8, 4) is 11.5 Å². The third kappa shape index (κ3) is 3.95. The number of fused-ring (bicyclic) bond motifs is 1. The normalized spacial score (nSPS) is 15.7. The average molecular weight is 446 g/mol. The van der Waals surface area contributed by atoms with Gasteiger partial charge in [0.05, 0.1) is 29.3 Å². The van der Waals surface area contributed by atoms with Crippen LogP contribution in [0.15, 0.2) is 35.1 Å². The number of aromatic nitrogens is 1. The van der Waals surface area contributed by atoms with Crippen molar-refractivity contribution >= 4 is 34.0 Å². The topological polar surface area (TPSA) is 73.8 Å². The van der Waals surface area contributed by atoms with Crippen molar-refractivity contribution in [2.45, 2.75) is 26.4 Å². The van der Waals surface area contributed by atoms with Crippen LogP contribution in [0.25, 0.3) is 16.5 Å². The molecule has 4 rings (SSSR count). The highest BCUT2D eigenvalue weighted by Gasteiger charge is 2.25. The fourth-order valence-corrected chi connectivity index (χ4v) is 4.24. The molecule has 6 nitrogen and oxygen atoms in total. The minimum atomic E-state index is -0.659. The number of rotatable bonds is 6. The molecule has 0 bridgehead atoms. The van der Waals surface area contributed by atoms with Gasteiger partial charge in [0.15, 0.2) is 11.4 Å². The van der Waals surface area contributed by atoms with Crippen LogP contribution in [0.4, 0.5) is 10.2 Å². The molecule has 0 radical (unpaired) electrons. The Morgan fingerprint density at radius 1 is 1.39 bits per heavy atom. The SMILES string of the molecule is CCN1CC=C(c2coc3c(O[C@H](C)c4c(OC)ccc(F)c4Cl)c(N)ncc23)CC1. The third-order valence-corrected chi connectivity index (χ3v) is 6.09. The van der Waals surface area contributed by atoms with E-state index in [-0.39, 0.29) is 10.8 Å². The maximum Gasteiger partial charge on any atom is 0.205 e. The van der Waals surface area contributed by atoms with Crippen molar-refractivity contribution in [1.29, 1.82) is 0 Å². The molecule has 0 aliphatic carbocycles. The van der Waals surface area contributed by atoms with Crippen LogP contribution in [0.5, 0.6) is 11.5 Å². The molecule has 1 aliphatic heterocycles. The molecule has 8 heteroatoms. The van der Waals surface area contributed by atoms with Crippen molar-refractivity contribution in [2.75, 3.05) is 32.5 Å². The van der Waals surface area contributed by atoms with E-state index in [4.69, 9.17) is 31.2 Å². The minimum absolute atomic E-state index is 0.0569. The van der Waals surface area contributed by atoms with Gasteiger partial charge in [0, 0.05) is 24.8 Å². The number of ether oxygens (including phenoxy) is 2. The van der Waals surface area contributed by atoms with Gasteiger partial charge in [-0.15, -0.1) is 0 Å². The molecule has 2 N–H and O–H groups in total. The molecule has 1 atom stereocenters. The van der Waals surface area contributed by atoms with E-state index in [0.717, 1.165) is 37.0 Å². The first-order chi connectivity index (χ1) is 14.9. The number of methoxy groups -OCH3 is 1. The Bertz CT molecular complexity index is 1140. The first-order valence-corrected chi connectivity index (χ1v) is 10.6. The molecule has 1 aliphatic rings. The van der Waals surface area contributed by atoms with Gasteiger partial charge in [-0.2, -0.15) is 0 Å². The van der Waals surface area contributed by atoms with Crippen LogP contribution < -0.4 is 15.2 Å². The van der Waals surface area contributed by atoms with Crippen LogP contribution >= 0.6 is 11.6 Å². The highest BCUT2D eigenvalue weighted by atomic mass is 35.5. The van der Waals surface area contributed by atoms with E-state index in [1.54, 1.807) is 19.4 Å². The lowest BCUT2D eigenvalue weighted by molar-refractivity contribution is 0.221. The Kier molecular flexibility index (Phi) is 6.07. The summed E-state index contributed by atoms with van der Waals surface area (Å²) >= 11 is 6.21. The smallest absolute Gasteiger partial charge is 0.205 e. The molecule has 0 fully saturated rings. The summed E-state index contributed by atoms with van der Waals surface area (Å²) in [6.07, 6.45) is 5.90. The molecule has 1 aromatic carbocycles. The summed E-state index contributed by atoms with van der Waals surface area (Å²) in [5.74, 6) is 0.347. The van der Waals surface area contributed by atoms with Gasteiger partial charge in [-0.3, -0.25) is 4.90 Å². The number of nitrogens with two attached hydrogens (primary N) is 1. The zero-order chi connectivity index (χ0) is 22.1. The van der Waals surface area contributed by atoms with Crippen molar-refractivity contribution in [3.63, 3.8) is 0 Å². The second-order valence-electron chi connectivity index (χ2n) is 7.47. The zero-order valence-corrected chi connectivity index (χ0v) is 18.5. The van der Waals surface area contributed by atoms with Crippen molar-refractivity contribution in [3.05, 3.63) is 52.6 Å². The molecule has 3 heterocycles. The number of anilines is 1. The number of nitrogens with zero attached hydrogens (tertiary/aromatic N) is 2. The van der Waals surface area contributed by atoms with E-state index in [0.29, 0.717) is 22.6 Å². The standard InChI is InChI=1S/C23H25ClFN3O3/c1-4-28-9-7-14(8-10-28)16-12-30-21-15(16)11-27-23(26)22(21)31-13(2)19-18(29-3)6-5-17(25)20(19)24/h5-7,11-13H,4,8-10H2,1-3H3,(H2,26,27)/t13-/m1/s1. The van der Waals surface area contributed by atoms with Crippen molar-refractivity contribution in [1.82, 2.24) is 9.88 Å². The Labute approximate surface area is 185 Å². The van der Waals surface area contributed by atoms with Gasteiger partial charge in [0.1, 0.15) is 17.7 Å². The molecule has 164 valence electrons. The number of halogens is 2. The van der Waals surface area contributed by atoms with Gasteiger partial charge in [0.2, 0.25) is 5.75 Å². The largest absolute Gasteiger partial charge is 0.496 e. The summed E-state index contributed by atoms with van der Waals surface area (Å²) in [4.78, 5) is 6.68. The van der Waals surface area contributed by atoms with Gasteiger partial charge in [0.25, 0.3) is 0 Å². The molecule has 0 saturated heterocycles. The van der Waals surface area contributed by atoms with Crippen LogP contribution in [0, 0.1) is 5.82 Å². The first-order valence-electron chi connectivity index (χ1n) is 10.2. The second-order valence-corrected chi connectivity index (χ2v) is 7.85. The summed E-state index contributed by atoms with van der Waals surface area (Å²) < 4.78 is 31.4. The summed E-state index contributed by atoms with van der Waals surface area (Å²) in [7, 11) is 1.49. The van der Waals surface area contributed by atoms with E-state index in [9.17, 15) is 4.39 Å². The number of hydrogen-bond donors (Lipinski definition) is 1. The van der Waals surface area contributed by atoms with Crippen LogP contribution in [0.3, 0.4) is 0 Å². The molecule has 0 spiro atoms. The first kappa shape index (κ1) is 21.5. The van der Waals surface area contributed by atoms with E-state index in [1.165, 1.54) is 24.8 Å². The number of nitrogen functional groups attached to an aromatic ring is 1. The molecular formula is C23H25ClFN3O3. The Morgan fingerprint density at radius 3 is 2.87 bits per heavy atom. The zero-order valence-electron chi connectivity index (χ0n) is 17.7. The van der Waals surface area contributed by atoms with E-state index < -0.39 is 11.9 Å². The van der Waals surface area contributed by atoms with Crippen LogP contribution in [-0.4, -0.2) is 36.6 Å². The highest BCUT2D eigenvalue weighted by Crippen LogP contribution is 2.41. The Balaban J connectivity index is 1.71. The summed E-state index contributed by atoms with van der Waals surface area (Å²) in [5, 5.41) is 0.767. The maximum atomic E-state index is 14.1. The van der Waals surface area contributed by atoms with Gasteiger partial charge >= 0.3 is 0 Å². The van der Waals surface area contributed by atoms with E-state index in [2.05, 4.69) is 22.9 Å². The number of benzene rings is 1. The lowest BCUT2D eigenvalue weighted by Gasteiger charge is -2.24. The lowest BCUT2D eigenvalue weighted by atomic mass is 9.99. The third-order valence-electron chi connectivity index (χ3n) is 5.70. The van der Waals surface area contributed by atoms with Gasteiger partial charge in [-0.25, -0.2) is 9.37 Å². The molecule has 2 aromatic heterocycles. The maximum absolute atomic E-state index is 14.1. The summed E-state index contributed by atoms with van der Waals surface area (Å²) in [6, 6.07) is 2.77. The molecular weight excluding hydrogens is 421 g/mol. The second kappa shape index (κ2) is 8.77. The van der Waals surface area contributed by atoms with Crippen LogP contribution in [-0.2, 0) is 0 Å². The van der Waals surface area contributed by atoms with Crippen molar-refractivity contribution in [2.24, 2.45) is 0 Å². The Morgan fingerprint density at radius 2 is 2.19 bits per heavy atom. The number of pyridine rings is 1. The van der Waals surface area contributed by atoms with Gasteiger partial charge in [-0.05, 0) is 37.6 Å². The average Bonchev–Trinajstić information content (AvgIpc) is 3.21.